The quantitative estimate of drug-likeness (QED) is 0.835. The van der Waals surface area contributed by atoms with Crippen LogP contribution in [0.5, 0.6) is 0 Å². The van der Waals surface area contributed by atoms with E-state index in [-0.39, 0.29) is 11.3 Å². The number of hydrogen-bond donors (Lipinski definition) is 0. The highest BCUT2D eigenvalue weighted by Crippen LogP contribution is 2.34. The van der Waals surface area contributed by atoms with Crippen molar-refractivity contribution in [1.29, 1.82) is 0 Å². The van der Waals surface area contributed by atoms with Gasteiger partial charge in [0.25, 0.3) is 0 Å². The van der Waals surface area contributed by atoms with Crippen LogP contribution in [0.1, 0.15) is 44.8 Å². The average Bonchev–Trinajstić information content (AvgIpc) is 2.88. The highest BCUT2D eigenvalue weighted by atomic mass is 32.2. The van der Waals surface area contributed by atoms with Gasteiger partial charge in [0, 0.05) is 18.9 Å². The molecule has 0 saturated carbocycles. The SMILES string of the molecule is CC[C@H](C)S(=O)(=O)N1CCC[C@@H]1c1cnccn1. The Morgan fingerprint density at radius 1 is 1.50 bits per heavy atom. The fourth-order valence-electron chi connectivity index (χ4n) is 2.26. The number of hydrogen-bond acceptors (Lipinski definition) is 4. The normalized spacial score (nSPS) is 23.1. The maximum atomic E-state index is 12.4. The summed E-state index contributed by atoms with van der Waals surface area (Å²) in [5.74, 6) is 0. The van der Waals surface area contributed by atoms with Crippen LogP contribution in [0.2, 0.25) is 0 Å². The molecule has 2 rings (SSSR count). The predicted molar refractivity (Wildman–Crippen MR) is 69.4 cm³/mol. The minimum atomic E-state index is -3.22. The first-order valence-electron chi connectivity index (χ1n) is 6.34. The van der Waals surface area contributed by atoms with Crippen molar-refractivity contribution in [3.8, 4) is 0 Å². The standard InChI is InChI=1S/C12H19N3O2S/c1-3-10(2)18(16,17)15-8-4-5-12(15)11-9-13-6-7-14-11/h6-7,9-10,12H,3-5,8H2,1-2H3/t10-,12+/m0/s1. The van der Waals surface area contributed by atoms with Crippen LogP contribution in [0.4, 0.5) is 0 Å². The van der Waals surface area contributed by atoms with Crippen LogP contribution in [-0.2, 0) is 10.0 Å². The highest BCUT2D eigenvalue weighted by molar-refractivity contribution is 7.89. The maximum Gasteiger partial charge on any atom is 0.217 e. The second-order valence-corrected chi connectivity index (χ2v) is 6.97. The summed E-state index contributed by atoms with van der Waals surface area (Å²) in [4.78, 5) is 8.27. The van der Waals surface area contributed by atoms with Crippen molar-refractivity contribution < 1.29 is 8.42 Å². The van der Waals surface area contributed by atoms with Gasteiger partial charge in [0.1, 0.15) is 0 Å². The third-order valence-corrected chi connectivity index (χ3v) is 5.98. The highest BCUT2D eigenvalue weighted by Gasteiger charge is 2.38. The average molecular weight is 269 g/mol. The Hall–Kier alpha value is -1.01. The zero-order valence-corrected chi connectivity index (χ0v) is 11.6. The molecule has 2 atom stereocenters. The van der Waals surface area contributed by atoms with Gasteiger partial charge in [-0.3, -0.25) is 9.97 Å². The second kappa shape index (κ2) is 5.32. The Balaban J connectivity index is 2.29. The number of rotatable bonds is 4. The Morgan fingerprint density at radius 3 is 2.89 bits per heavy atom. The molecule has 6 heteroatoms. The molecule has 1 aliphatic heterocycles. The summed E-state index contributed by atoms with van der Waals surface area (Å²) < 4.78 is 26.5. The molecule has 0 aromatic carbocycles. The predicted octanol–water partition coefficient (Wildman–Crippen LogP) is 1.74. The molecule has 18 heavy (non-hydrogen) atoms. The largest absolute Gasteiger partial charge is 0.261 e. The van der Waals surface area contributed by atoms with E-state index in [4.69, 9.17) is 0 Å². The fourth-order valence-corrected chi connectivity index (χ4v) is 4.10. The van der Waals surface area contributed by atoms with Gasteiger partial charge >= 0.3 is 0 Å². The van der Waals surface area contributed by atoms with Gasteiger partial charge in [0.2, 0.25) is 10.0 Å². The van der Waals surface area contributed by atoms with Crippen molar-refractivity contribution >= 4 is 10.0 Å². The van der Waals surface area contributed by atoms with Gasteiger partial charge in [-0.1, -0.05) is 6.92 Å². The lowest BCUT2D eigenvalue weighted by Gasteiger charge is -2.26. The maximum absolute atomic E-state index is 12.4. The van der Waals surface area contributed by atoms with Gasteiger partial charge in [-0.05, 0) is 26.2 Å². The minimum Gasteiger partial charge on any atom is -0.261 e. The molecular weight excluding hydrogens is 250 g/mol. The summed E-state index contributed by atoms with van der Waals surface area (Å²) in [5.41, 5.74) is 0.752. The van der Waals surface area contributed by atoms with Crippen LogP contribution in [0.25, 0.3) is 0 Å². The van der Waals surface area contributed by atoms with E-state index < -0.39 is 10.0 Å². The van der Waals surface area contributed by atoms with E-state index in [9.17, 15) is 8.42 Å². The van der Waals surface area contributed by atoms with Crippen molar-refractivity contribution in [3.05, 3.63) is 24.3 Å². The molecule has 0 bridgehead atoms. The molecule has 0 N–H and O–H groups in total. The van der Waals surface area contributed by atoms with E-state index in [0.717, 1.165) is 18.5 Å². The fraction of sp³-hybridized carbons (Fsp3) is 0.667. The molecular formula is C12H19N3O2S. The molecule has 0 spiro atoms. The Kier molecular flexibility index (Phi) is 3.97. The lowest BCUT2D eigenvalue weighted by molar-refractivity contribution is 0.383. The Bertz CT molecular complexity index is 489. The summed E-state index contributed by atoms with van der Waals surface area (Å²) in [6.07, 6.45) is 7.22. The van der Waals surface area contributed by atoms with Crippen LogP contribution < -0.4 is 0 Å². The summed E-state index contributed by atoms with van der Waals surface area (Å²) >= 11 is 0. The third kappa shape index (κ3) is 2.40. The third-order valence-electron chi connectivity index (χ3n) is 3.54. The van der Waals surface area contributed by atoms with E-state index in [1.165, 1.54) is 0 Å². The zero-order chi connectivity index (χ0) is 13.2. The molecule has 1 aliphatic rings. The van der Waals surface area contributed by atoms with E-state index in [1.807, 2.05) is 6.92 Å². The topological polar surface area (TPSA) is 63.2 Å². The zero-order valence-electron chi connectivity index (χ0n) is 10.8. The van der Waals surface area contributed by atoms with Crippen LogP contribution in [-0.4, -0.2) is 34.5 Å². The van der Waals surface area contributed by atoms with E-state index >= 15 is 0 Å². The van der Waals surface area contributed by atoms with Crippen molar-refractivity contribution in [2.45, 2.75) is 44.4 Å². The van der Waals surface area contributed by atoms with Gasteiger partial charge in [-0.2, -0.15) is 4.31 Å². The molecule has 100 valence electrons. The molecule has 1 aromatic rings. The van der Waals surface area contributed by atoms with Crippen LogP contribution in [0.3, 0.4) is 0 Å². The summed E-state index contributed by atoms with van der Waals surface area (Å²) in [7, 11) is -3.22. The summed E-state index contributed by atoms with van der Waals surface area (Å²) in [6, 6.07) is -0.141. The summed E-state index contributed by atoms with van der Waals surface area (Å²) in [6.45, 7) is 4.25. The van der Waals surface area contributed by atoms with Crippen molar-refractivity contribution in [2.24, 2.45) is 0 Å². The number of nitrogens with zero attached hydrogens (tertiary/aromatic N) is 3. The van der Waals surface area contributed by atoms with Crippen LogP contribution in [0, 0.1) is 0 Å². The van der Waals surface area contributed by atoms with Crippen LogP contribution >= 0.6 is 0 Å². The van der Waals surface area contributed by atoms with Crippen LogP contribution in [0.15, 0.2) is 18.6 Å². The molecule has 1 aromatic heterocycles. The van der Waals surface area contributed by atoms with Gasteiger partial charge in [-0.25, -0.2) is 8.42 Å². The van der Waals surface area contributed by atoms with Crippen molar-refractivity contribution in [3.63, 3.8) is 0 Å². The molecule has 0 unspecified atom stereocenters. The molecule has 1 fully saturated rings. The Morgan fingerprint density at radius 2 is 2.28 bits per heavy atom. The van der Waals surface area contributed by atoms with Crippen molar-refractivity contribution in [1.82, 2.24) is 14.3 Å². The molecule has 2 heterocycles. The van der Waals surface area contributed by atoms with E-state index in [1.54, 1.807) is 29.8 Å². The molecule has 1 saturated heterocycles. The second-order valence-electron chi connectivity index (χ2n) is 4.66. The van der Waals surface area contributed by atoms with Crippen molar-refractivity contribution in [2.75, 3.05) is 6.54 Å². The molecule has 5 nitrogen and oxygen atoms in total. The minimum absolute atomic E-state index is 0.141. The smallest absolute Gasteiger partial charge is 0.217 e. The first-order valence-corrected chi connectivity index (χ1v) is 7.84. The lowest BCUT2D eigenvalue weighted by atomic mass is 10.2. The van der Waals surface area contributed by atoms with Gasteiger partial charge in [0.05, 0.1) is 23.2 Å². The van der Waals surface area contributed by atoms with Gasteiger partial charge < -0.3 is 0 Å². The number of sulfonamides is 1. The first-order chi connectivity index (χ1) is 8.57. The number of aromatic nitrogens is 2. The molecule has 0 amide bonds. The van der Waals surface area contributed by atoms with E-state index in [0.29, 0.717) is 13.0 Å². The first kappa shape index (κ1) is 13.4. The molecule has 0 aliphatic carbocycles. The summed E-state index contributed by atoms with van der Waals surface area (Å²) in [5, 5.41) is -0.338. The Labute approximate surface area is 108 Å². The lowest BCUT2D eigenvalue weighted by Crippen LogP contribution is -2.37. The van der Waals surface area contributed by atoms with Gasteiger partial charge in [-0.15, -0.1) is 0 Å². The van der Waals surface area contributed by atoms with Gasteiger partial charge in [0.15, 0.2) is 0 Å². The monoisotopic (exact) mass is 269 g/mol. The van der Waals surface area contributed by atoms with E-state index in [2.05, 4.69) is 9.97 Å². The molecule has 0 radical (unpaired) electrons.